The maximum atomic E-state index is 13.7. The summed E-state index contributed by atoms with van der Waals surface area (Å²) in [6.07, 6.45) is 1.68. The molecule has 0 aliphatic carbocycles. The van der Waals surface area contributed by atoms with Crippen molar-refractivity contribution in [2.24, 2.45) is 0 Å². The average Bonchev–Trinajstić information content (AvgIpc) is 2.75. The van der Waals surface area contributed by atoms with Crippen LogP contribution in [0.15, 0.2) is 42.6 Å². The third-order valence-electron chi connectivity index (χ3n) is 2.53. The van der Waals surface area contributed by atoms with Crippen molar-refractivity contribution in [2.75, 3.05) is 0 Å². The zero-order valence-electron chi connectivity index (χ0n) is 8.65. The fraction of sp³-hybridized carbons (Fsp3) is 0. The summed E-state index contributed by atoms with van der Waals surface area (Å²) in [7, 11) is 0. The van der Waals surface area contributed by atoms with Crippen molar-refractivity contribution >= 4 is 35.8 Å². The molecule has 0 atom stereocenters. The van der Waals surface area contributed by atoms with Crippen LogP contribution in [-0.2, 0) is 0 Å². The van der Waals surface area contributed by atoms with Gasteiger partial charge in [0.1, 0.15) is 0 Å². The fourth-order valence-corrected chi connectivity index (χ4v) is 4.32. The molecule has 0 aliphatic heterocycles. The van der Waals surface area contributed by atoms with Crippen LogP contribution in [0.4, 0.5) is 4.39 Å². The van der Waals surface area contributed by atoms with Crippen molar-refractivity contribution in [1.29, 1.82) is 0 Å². The Balaban J connectivity index is 2.26. The Kier molecular flexibility index (Phi) is 2.75. The quantitative estimate of drug-likeness (QED) is 0.493. The molecule has 0 spiro atoms. The molecule has 0 fully saturated rings. The van der Waals surface area contributed by atoms with E-state index in [1.807, 2.05) is 18.2 Å². The number of rotatable bonds is 1. The standard InChI is InChI=1S/C13H7ClFNSe/c14-13-12-8(5-6-16-13)7-11(17-12)9-3-1-2-4-10(9)15/h1-7H. The second-order valence-electron chi connectivity index (χ2n) is 3.61. The maximum absolute atomic E-state index is 13.7. The molecule has 84 valence electrons. The van der Waals surface area contributed by atoms with E-state index in [-0.39, 0.29) is 20.3 Å². The van der Waals surface area contributed by atoms with Crippen LogP contribution in [-0.4, -0.2) is 19.5 Å². The predicted molar refractivity (Wildman–Crippen MR) is 69.1 cm³/mol. The number of halogens is 2. The van der Waals surface area contributed by atoms with Gasteiger partial charge < -0.3 is 0 Å². The van der Waals surface area contributed by atoms with E-state index in [4.69, 9.17) is 11.6 Å². The molecular formula is C13H7ClFNSe. The number of nitrogens with zero attached hydrogens (tertiary/aromatic N) is 1. The third-order valence-corrected chi connectivity index (χ3v) is 5.57. The molecule has 0 aliphatic rings. The van der Waals surface area contributed by atoms with E-state index in [0.29, 0.717) is 10.7 Å². The molecule has 0 radical (unpaired) electrons. The number of hydrogen-bond acceptors (Lipinski definition) is 1. The Hall–Kier alpha value is -1.15. The van der Waals surface area contributed by atoms with Gasteiger partial charge in [-0.2, -0.15) is 0 Å². The van der Waals surface area contributed by atoms with Crippen LogP contribution >= 0.6 is 11.6 Å². The van der Waals surface area contributed by atoms with Gasteiger partial charge in [-0.3, -0.25) is 0 Å². The number of hydrogen-bond donors (Lipinski definition) is 0. The Morgan fingerprint density at radius 2 is 2.00 bits per heavy atom. The Morgan fingerprint density at radius 1 is 1.18 bits per heavy atom. The van der Waals surface area contributed by atoms with Gasteiger partial charge in [0.15, 0.2) is 0 Å². The summed E-state index contributed by atoms with van der Waals surface area (Å²) in [5.74, 6) is -0.183. The van der Waals surface area contributed by atoms with E-state index in [9.17, 15) is 4.39 Å². The zero-order chi connectivity index (χ0) is 11.8. The summed E-state index contributed by atoms with van der Waals surface area (Å²) in [5.41, 5.74) is 0.666. The summed E-state index contributed by atoms with van der Waals surface area (Å²) in [6.45, 7) is 0. The summed E-state index contributed by atoms with van der Waals surface area (Å²) in [4.78, 5) is 4.06. The van der Waals surface area contributed by atoms with Crippen LogP contribution in [0.1, 0.15) is 0 Å². The van der Waals surface area contributed by atoms with Gasteiger partial charge >= 0.3 is 109 Å². The normalized spacial score (nSPS) is 10.9. The minimum atomic E-state index is -0.183. The summed E-state index contributed by atoms with van der Waals surface area (Å²) in [5, 5.41) is 1.59. The van der Waals surface area contributed by atoms with Crippen LogP contribution in [0.3, 0.4) is 0 Å². The first-order chi connectivity index (χ1) is 8.25. The van der Waals surface area contributed by atoms with Gasteiger partial charge in [-0.15, -0.1) is 0 Å². The van der Waals surface area contributed by atoms with E-state index >= 15 is 0 Å². The molecular weight excluding hydrogens is 304 g/mol. The monoisotopic (exact) mass is 311 g/mol. The number of benzene rings is 1. The minimum absolute atomic E-state index is 0.0306. The van der Waals surface area contributed by atoms with Crippen LogP contribution in [0, 0.1) is 5.82 Å². The van der Waals surface area contributed by atoms with Gasteiger partial charge in [-0.1, -0.05) is 0 Å². The second-order valence-corrected chi connectivity index (χ2v) is 6.18. The van der Waals surface area contributed by atoms with E-state index in [0.717, 1.165) is 14.1 Å². The molecule has 0 amide bonds. The number of pyridine rings is 1. The van der Waals surface area contributed by atoms with Crippen LogP contribution < -0.4 is 0 Å². The number of aromatic nitrogens is 1. The van der Waals surface area contributed by atoms with Gasteiger partial charge in [0.2, 0.25) is 0 Å². The van der Waals surface area contributed by atoms with Crippen molar-refractivity contribution < 1.29 is 4.39 Å². The van der Waals surface area contributed by atoms with E-state index in [1.165, 1.54) is 6.07 Å². The molecule has 0 saturated carbocycles. The van der Waals surface area contributed by atoms with Crippen LogP contribution in [0.2, 0.25) is 5.15 Å². The summed E-state index contributed by atoms with van der Waals surface area (Å²) < 4.78 is 15.7. The molecule has 1 nitrogen and oxygen atoms in total. The first-order valence-corrected chi connectivity index (χ1v) is 7.14. The topological polar surface area (TPSA) is 12.9 Å². The molecule has 2 heterocycles. The Labute approximate surface area is 109 Å². The molecule has 17 heavy (non-hydrogen) atoms. The molecule has 0 unspecified atom stereocenters. The third kappa shape index (κ3) is 1.91. The van der Waals surface area contributed by atoms with Crippen LogP contribution in [0.25, 0.3) is 19.6 Å². The molecule has 0 bridgehead atoms. The van der Waals surface area contributed by atoms with Crippen molar-refractivity contribution in [2.45, 2.75) is 0 Å². The van der Waals surface area contributed by atoms with Crippen molar-refractivity contribution in [3.63, 3.8) is 0 Å². The van der Waals surface area contributed by atoms with E-state index in [1.54, 1.807) is 18.3 Å². The van der Waals surface area contributed by atoms with E-state index < -0.39 is 0 Å². The second kappa shape index (κ2) is 4.26. The molecule has 2 aromatic heterocycles. The number of fused-ring (bicyclic) bond motifs is 1. The summed E-state index contributed by atoms with van der Waals surface area (Å²) >= 11 is 6.07. The predicted octanol–water partition coefficient (Wildman–Crippen LogP) is 3.75. The molecule has 3 aromatic rings. The average molecular weight is 311 g/mol. The fourth-order valence-electron chi connectivity index (χ4n) is 1.73. The molecule has 0 N–H and O–H groups in total. The van der Waals surface area contributed by atoms with E-state index in [2.05, 4.69) is 4.98 Å². The molecule has 4 heteroatoms. The molecule has 3 rings (SSSR count). The summed E-state index contributed by atoms with van der Waals surface area (Å²) in [6, 6.07) is 10.7. The van der Waals surface area contributed by atoms with Gasteiger partial charge in [0.25, 0.3) is 0 Å². The van der Waals surface area contributed by atoms with Gasteiger partial charge in [-0.05, 0) is 0 Å². The SMILES string of the molecule is Fc1ccccc1-c1cc2ccnc(Cl)c2[se]1. The zero-order valence-corrected chi connectivity index (χ0v) is 11.1. The molecule has 0 saturated heterocycles. The first-order valence-electron chi connectivity index (χ1n) is 5.04. The van der Waals surface area contributed by atoms with Gasteiger partial charge in [0, 0.05) is 0 Å². The van der Waals surface area contributed by atoms with Crippen molar-refractivity contribution in [3.8, 4) is 10.0 Å². The Morgan fingerprint density at radius 3 is 2.76 bits per heavy atom. The van der Waals surface area contributed by atoms with Gasteiger partial charge in [-0.25, -0.2) is 0 Å². The first kappa shape index (κ1) is 11.0. The van der Waals surface area contributed by atoms with Crippen molar-refractivity contribution in [1.82, 2.24) is 4.98 Å². The van der Waals surface area contributed by atoms with Gasteiger partial charge in [0.05, 0.1) is 0 Å². The van der Waals surface area contributed by atoms with Crippen LogP contribution in [0.5, 0.6) is 0 Å². The van der Waals surface area contributed by atoms with Crippen molar-refractivity contribution in [3.05, 3.63) is 53.6 Å². The molecule has 1 aromatic carbocycles. The Bertz CT molecular complexity index is 693.